The number of nitrogens with one attached hydrogen (secondary N) is 1. The fourth-order valence-electron chi connectivity index (χ4n) is 5.22. The van der Waals surface area contributed by atoms with E-state index in [2.05, 4.69) is 49.1 Å². The van der Waals surface area contributed by atoms with Gasteiger partial charge in [0.1, 0.15) is 0 Å². The van der Waals surface area contributed by atoms with Crippen molar-refractivity contribution >= 4 is 41.0 Å². The Kier molecular flexibility index (Phi) is 8.80. The average molecular weight is 545 g/mol. The molecule has 198 valence electrons. The molecule has 0 saturated heterocycles. The monoisotopic (exact) mass is 544 g/mol. The van der Waals surface area contributed by atoms with E-state index in [0.717, 1.165) is 49.6 Å². The Hall–Kier alpha value is -2.70. The Balaban J connectivity index is 1.34. The van der Waals surface area contributed by atoms with Crippen molar-refractivity contribution in [1.29, 1.82) is 0 Å². The maximum absolute atomic E-state index is 13.9. The molecule has 5 rings (SSSR count). The summed E-state index contributed by atoms with van der Waals surface area (Å²) >= 11 is 3.66. The van der Waals surface area contributed by atoms with E-state index in [4.69, 9.17) is 0 Å². The van der Waals surface area contributed by atoms with Gasteiger partial charge in [-0.1, -0.05) is 66.9 Å². The topological polar surface area (TPSA) is 49.4 Å². The maximum atomic E-state index is 13.9. The molecule has 3 aromatic rings. The predicted molar refractivity (Wildman–Crippen MR) is 160 cm³/mol. The number of rotatable bonds is 8. The van der Waals surface area contributed by atoms with Gasteiger partial charge in [0.25, 0.3) is 11.8 Å². The summed E-state index contributed by atoms with van der Waals surface area (Å²) in [7, 11) is 0. The van der Waals surface area contributed by atoms with Gasteiger partial charge in [-0.05, 0) is 80.3 Å². The van der Waals surface area contributed by atoms with Crippen LogP contribution in [0.3, 0.4) is 0 Å². The van der Waals surface area contributed by atoms with Crippen LogP contribution >= 0.6 is 23.5 Å². The molecule has 2 aliphatic rings. The summed E-state index contributed by atoms with van der Waals surface area (Å²) < 4.78 is 0. The van der Waals surface area contributed by atoms with Crippen molar-refractivity contribution in [3.8, 4) is 0 Å². The second-order valence-electron chi connectivity index (χ2n) is 10.3. The molecule has 4 nitrogen and oxygen atoms in total. The van der Waals surface area contributed by atoms with E-state index in [1.165, 1.54) is 32.1 Å². The molecule has 0 unspecified atom stereocenters. The molecule has 0 radical (unpaired) electrons. The quantitative estimate of drug-likeness (QED) is 0.294. The summed E-state index contributed by atoms with van der Waals surface area (Å²) in [5.74, 6) is 0.966. The molecule has 0 atom stereocenters. The lowest BCUT2D eigenvalue weighted by atomic mass is 10.0. The molecule has 2 amide bonds. The van der Waals surface area contributed by atoms with Crippen LogP contribution in [-0.2, 0) is 6.54 Å². The number of fused-ring (bicyclic) bond motifs is 2. The van der Waals surface area contributed by atoms with Gasteiger partial charge in [-0.25, -0.2) is 0 Å². The van der Waals surface area contributed by atoms with Crippen molar-refractivity contribution < 1.29 is 9.59 Å². The first-order valence-electron chi connectivity index (χ1n) is 13.7. The van der Waals surface area contributed by atoms with Gasteiger partial charge in [-0.15, -0.1) is 0 Å². The molecule has 38 heavy (non-hydrogen) atoms. The summed E-state index contributed by atoms with van der Waals surface area (Å²) in [5, 5.41) is 3.90. The Morgan fingerprint density at radius 1 is 1.00 bits per heavy atom. The van der Waals surface area contributed by atoms with E-state index in [1.54, 1.807) is 11.8 Å². The highest BCUT2D eigenvalue weighted by Crippen LogP contribution is 2.42. The fraction of sp³-hybridized carbons (Fsp3) is 0.375. The van der Waals surface area contributed by atoms with E-state index >= 15 is 0 Å². The van der Waals surface area contributed by atoms with E-state index in [1.807, 2.05) is 47.4 Å². The zero-order valence-corrected chi connectivity index (χ0v) is 23.9. The van der Waals surface area contributed by atoms with Crippen LogP contribution in [0.5, 0.6) is 0 Å². The Labute approximate surface area is 235 Å². The molecule has 6 heteroatoms. The number of benzene rings is 3. The molecule has 1 heterocycles. The molecule has 0 aromatic heterocycles. The van der Waals surface area contributed by atoms with Crippen molar-refractivity contribution in [1.82, 2.24) is 5.32 Å². The number of thioether (sulfide) groups is 1. The highest BCUT2D eigenvalue weighted by molar-refractivity contribution is 8.00. The number of amides is 2. The van der Waals surface area contributed by atoms with Crippen molar-refractivity contribution in [2.75, 3.05) is 17.2 Å². The van der Waals surface area contributed by atoms with Crippen LogP contribution in [0, 0.1) is 13.8 Å². The zero-order valence-electron chi connectivity index (χ0n) is 22.3. The molecule has 0 bridgehead atoms. The van der Waals surface area contributed by atoms with Crippen molar-refractivity contribution in [3.05, 3.63) is 88.5 Å². The number of nitrogens with zero attached hydrogens (tertiary/aromatic N) is 1. The average Bonchev–Trinajstić information content (AvgIpc) is 3.05. The molecule has 3 aromatic carbocycles. The smallest absolute Gasteiger partial charge is 0.259 e. The minimum atomic E-state index is -0.0821. The Bertz CT molecular complexity index is 1320. The lowest BCUT2D eigenvalue weighted by Gasteiger charge is -2.25. The van der Waals surface area contributed by atoms with Crippen LogP contribution in [0.2, 0.25) is 0 Å². The van der Waals surface area contributed by atoms with Crippen LogP contribution < -0.4 is 10.2 Å². The highest BCUT2D eigenvalue weighted by atomic mass is 32.2. The minimum absolute atomic E-state index is 0.0370. The van der Waals surface area contributed by atoms with Gasteiger partial charge in [-0.3, -0.25) is 9.59 Å². The molecule has 1 fully saturated rings. The summed E-state index contributed by atoms with van der Waals surface area (Å²) in [6, 6.07) is 19.9. The van der Waals surface area contributed by atoms with Gasteiger partial charge < -0.3 is 10.2 Å². The Morgan fingerprint density at radius 3 is 2.66 bits per heavy atom. The van der Waals surface area contributed by atoms with Crippen molar-refractivity contribution in [2.45, 2.75) is 74.0 Å². The summed E-state index contributed by atoms with van der Waals surface area (Å²) in [4.78, 5) is 30.7. The molecular weight excluding hydrogens is 508 g/mol. The number of hydrogen-bond acceptors (Lipinski definition) is 4. The number of carbonyl (C=O) groups is 2. The van der Waals surface area contributed by atoms with E-state index in [0.29, 0.717) is 24.2 Å². The fourth-order valence-corrected chi connectivity index (χ4v) is 7.59. The molecule has 0 spiro atoms. The number of aryl methyl sites for hydroxylation is 2. The SMILES string of the molecule is Cc1ccc(C)c(CN2C(=O)c3ccccc3Sc3ccc(C(=O)NCCCSC4CCCCC4)cc32)c1. The lowest BCUT2D eigenvalue weighted by Crippen LogP contribution is -2.31. The minimum Gasteiger partial charge on any atom is -0.352 e. The third-order valence-corrected chi connectivity index (χ3v) is 10.0. The van der Waals surface area contributed by atoms with Gasteiger partial charge in [0, 0.05) is 27.1 Å². The molecular formula is C32H36N2O2S2. The van der Waals surface area contributed by atoms with E-state index in [-0.39, 0.29) is 11.8 Å². The highest BCUT2D eigenvalue weighted by Gasteiger charge is 2.28. The summed E-state index contributed by atoms with van der Waals surface area (Å²) in [6.45, 7) is 5.28. The van der Waals surface area contributed by atoms with Crippen LogP contribution in [-0.4, -0.2) is 29.4 Å². The first kappa shape index (κ1) is 26.9. The summed E-state index contributed by atoms with van der Waals surface area (Å²) in [6.07, 6.45) is 7.75. The standard InChI is InChI=1S/C32H36N2O2S2/c1-22-13-14-23(2)25(19-22)21-34-28-20-24(31(35)33-17-8-18-37-26-9-4-3-5-10-26)15-16-30(28)38-29-12-7-6-11-27(29)32(34)36/h6-7,11-16,19-20,26H,3-5,8-10,17-18,21H2,1-2H3,(H,33,35). The second kappa shape index (κ2) is 12.4. The van der Waals surface area contributed by atoms with Gasteiger partial charge >= 0.3 is 0 Å². The second-order valence-corrected chi connectivity index (χ2v) is 12.8. The van der Waals surface area contributed by atoms with Crippen LogP contribution in [0.4, 0.5) is 5.69 Å². The predicted octanol–water partition coefficient (Wildman–Crippen LogP) is 7.80. The third-order valence-electron chi connectivity index (χ3n) is 7.44. The Morgan fingerprint density at radius 2 is 1.82 bits per heavy atom. The van der Waals surface area contributed by atoms with Crippen molar-refractivity contribution in [2.24, 2.45) is 0 Å². The molecule has 1 aliphatic heterocycles. The first-order chi connectivity index (χ1) is 18.5. The maximum Gasteiger partial charge on any atom is 0.259 e. The van der Waals surface area contributed by atoms with Crippen LogP contribution in [0.1, 0.15) is 75.9 Å². The molecule has 1 saturated carbocycles. The van der Waals surface area contributed by atoms with Gasteiger partial charge in [0.05, 0.1) is 17.8 Å². The summed E-state index contributed by atoms with van der Waals surface area (Å²) in [5.41, 5.74) is 5.50. The lowest BCUT2D eigenvalue weighted by molar-refractivity contribution is 0.0950. The van der Waals surface area contributed by atoms with Gasteiger partial charge in [-0.2, -0.15) is 11.8 Å². The van der Waals surface area contributed by atoms with Gasteiger partial charge in [0.2, 0.25) is 0 Å². The van der Waals surface area contributed by atoms with E-state index < -0.39 is 0 Å². The normalized spacial score (nSPS) is 15.5. The largest absolute Gasteiger partial charge is 0.352 e. The third kappa shape index (κ3) is 6.29. The van der Waals surface area contributed by atoms with Crippen molar-refractivity contribution in [3.63, 3.8) is 0 Å². The first-order valence-corrected chi connectivity index (χ1v) is 15.5. The number of hydrogen-bond donors (Lipinski definition) is 1. The van der Waals surface area contributed by atoms with Gasteiger partial charge in [0.15, 0.2) is 0 Å². The zero-order chi connectivity index (χ0) is 26.5. The molecule has 1 aliphatic carbocycles. The van der Waals surface area contributed by atoms with Crippen LogP contribution in [0.25, 0.3) is 0 Å². The van der Waals surface area contributed by atoms with Crippen LogP contribution in [0.15, 0.2) is 70.5 Å². The molecule has 1 N–H and O–H groups in total. The number of anilines is 1. The number of carbonyl (C=O) groups excluding carboxylic acids is 2. The van der Waals surface area contributed by atoms with E-state index in [9.17, 15) is 9.59 Å².